The third-order valence-electron chi connectivity index (χ3n) is 5.07. The number of nitrogens with zero attached hydrogens (tertiary/aromatic N) is 4. The van der Waals surface area contributed by atoms with Crippen LogP contribution in [0.5, 0.6) is 0 Å². The molecule has 3 heterocycles. The molecule has 9 heteroatoms. The van der Waals surface area contributed by atoms with Crippen LogP contribution >= 0.6 is 0 Å². The smallest absolute Gasteiger partial charge is 0.272 e. The number of benzene rings is 2. The van der Waals surface area contributed by atoms with Crippen molar-refractivity contribution in [2.45, 2.75) is 12.0 Å². The molecule has 0 fully saturated rings. The Labute approximate surface area is 157 Å². The number of anilines is 1. The quantitative estimate of drug-likeness (QED) is 0.558. The van der Waals surface area contributed by atoms with Crippen LogP contribution in [0, 0.1) is 11.6 Å². The van der Waals surface area contributed by atoms with E-state index in [1.165, 1.54) is 24.3 Å². The van der Waals surface area contributed by atoms with Crippen LogP contribution in [0.15, 0.2) is 47.5 Å². The maximum atomic E-state index is 14.1. The minimum Gasteiger partial charge on any atom is -0.376 e. The van der Waals surface area contributed by atoms with Gasteiger partial charge in [0, 0.05) is 18.1 Å². The van der Waals surface area contributed by atoms with Gasteiger partial charge in [-0.1, -0.05) is 12.1 Å². The summed E-state index contributed by atoms with van der Waals surface area (Å²) in [5.41, 5.74) is 1.30. The zero-order chi connectivity index (χ0) is 19.4. The Kier molecular flexibility index (Phi) is 3.51. The van der Waals surface area contributed by atoms with E-state index in [1.54, 1.807) is 30.1 Å². The predicted molar refractivity (Wildman–Crippen MR) is 97.9 cm³/mol. The lowest BCUT2D eigenvalue weighted by atomic mass is 9.83. The van der Waals surface area contributed by atoms with Crippen LogP contribution in [0.1, 0.15) is 29.0 Å². The molecule has 0 amide bonds. The average molecular weight is 380 g/mol. The molecule has 0 radical (unpaired) electrons. The van der Waals surface area contributed by atoms with Crippen LogP contribution < -0.4 is 10.9 Å². The Balaban J connectivity index is 1.82. The fourth-order valence-corrected chi connectivity index (χ4v) is 3.83. The molecular weight excluding hydrogens is 366 g/mol. The largest absolute Gasteiger partial charge is 0.376 e. The third-order valence-corrected chi connectivity index (χ3v) is 5.07. The molecule has 1 aliphatic heterocycles. The lowest BCUT2D eigenvalue weighted by Crippen LogP contribution is -2.29. The molecule has 0 unspecified atom stereocenters. The van der Waals surface area contributed by atoms with Gasteiger partial charge in [-0.15, -0.1) is 10.2 Å². The number of halogens is 2. The van der Waals surface area contributed by atoms with Gasteiger partial charge in [0.25, 0.3) is 5.56 Å². The molecule has 2 N–H and O–H groups in total. The van der Waals surface area contributed by atoms with Gasteiger partial charge in [0.05, 0.1) is 23.0 Å². The van der Waals surface area contributed by atoms with Crippen molar-refractivity contribution >= 4 is 16.5 Å². The zero-order valence-corrected chi connectivity index (χ0v) is 14.6. The molecule has 1 aliphatic rings. The fourth-order valence-electron chi connectivity index (χ4n) is 3.83. The van der Waals surface area contributed by atoms with Gasteiger partial charge in [-0.25, -0.2) is 13.9 Å². The van der Waals surface area contributed by atoms with E-state index >= 15 is 0 Å². The molecular formula is C19H14F2N6O. The van der Waals surface area contributed by atoms with Gasteiger partial charge in [0.2, 0.25) is 0 Å². The van der Waals surface area contributed by atoms with Gasteiger partial charge in [0.15, 0.2) is 0 Å². The van der Waals surface area contributed by atoms with Gasteiger partial charge in [-0.2, -0.15) is 5.10 Å². The predicted octanol–water partition coefficient (Wildman–Crippen LogP) is 2.63. The molecule has 0 saturated heterocycles. The molecule has 2 aromatic carbocycles. The Morgan fingerprint density at radius 3 is 2.61 bits per heavy atom. The molecule has 2 aromatic heterocycles. The van der Waals surface area contributed by atoms with Crippen molar-refractivity contribution in [2.24, 2.45) is 7.05 Å². The summed E-state index contributed by atoms with van der Waals surface area (Å²) in [5, 5.41) is 19.0. The standard InChI is InChI=1S/C19H14F2N6O/c1-27-8-22-25-18(27)15-16(9-2-4-10(20)5-3-9)23-13-7-11(21)6-12-14(13)17(15)24-26-19(12)28/h2-8,15-16,23H,1H3,(H,26,28)/t15-,16-/m1/s1. The first kappa shape index (κ1) is 16.5. The molecule has 5 rings (SSSR count). The van der Waals surface area contributed by atoms with Crippen LogP contribution in [0.25, 0.3) is 10.8 Å². The van der Waals surface area contributed by atoms with Gasteiger partial charge in [0.1, 0.15) is 23.8 Å². The van der Waals surface area contributed by atoms with Crippen molar-refractivity contribution < 1.29 is 8.78 Å². The summed E-state index contributed by atoms with van der Waals surface area (Å²) in [4.78, 5) is 12.2. The number of aromatic amines is 1. The zero-order valence-electron chi connectivity index (χ0n) is 14.6. The Morgan fingerprint density at radius 1 is 1.11 bits per heavy atom. The number of nitrogens with one attached hydrogen (secondary N) is 2. The number of aromatic nitrogens is 5. The summed E-state index contributed by atoms with van der Waals surface area (Å²) in [6, 6.07) is 8.14. The normalized spacial score (nSPS) is 18.2. The highest BCUT2D eigenvalue weighted by Gasteiger charge is 2.37. The van der Waals surface area contributed by atoms with Crippen molar-refractivity contribution in [3.63, 3.8) is 0 Å². The summed E-state index contributed by atoms with van der Waals surface area (Å²) in [6.45, 7) is 0. The van der Waals surface area contributed by atoms with Crippen LogP contribution in [0.3, 0.4) is 0 Å². The van der Waals surface area contributed by atoms with Crippen molar-refractivity contribution in [3.8, 4) is 0 Å². The number of aryl methyl sites for hydroxylation is 1. The van der Waals surface area contributed by atoms with Crippen molar-refractivity contribution in [2.75, 3.05) is 5.32 Å². The maximum Gasteiger partial charge on any atom is 0.272 e. The summed E-state index contributed by atoms with van der Waals surface area (Å²) >= 11 is 0. The van der Waals surface area contributed by atoms with Crippen molar-refractivity contribution in [1.29, 1.82) is 0 Å². The highest BCUT2D eigenvalue weighted by Crippen LogP contribution is 2.45. The van der Waals surface area contributed by atoms with Gasteiger partial charge < -0.3 is 9.88 Å². The van der Waals surface area contributed by atoms with Gasteiger partial charge in [-0.05, 0) is 29.8 Å². The Morgan fingerprint density at radius 2 is 1.89 bits per heavy atom. The number of hydrogen-bond acceptors (Lipinski definition) is 5. The van der Waals surface area contributed by atoms with Crippen molar-refractivity contribution in [1.82, 2.24) is 25.0 Å². The molecule has 4 aromatic rings. The van der Waals surface area contributed by atoms with Gasteiger partial charge >= 0.3 is 0 Å². The topological polar surface area (TPSA) is 88.5 Å². The van der Waals surface area contributed by atoms with E-state index in [0.29, 0.717) is 22.6 Å². The lowest BCUT2D eigenvalue weighted by molar-refractivity contribution is 0.576. The van der Waals surface area contributed by atoms with E-state index in [-0.39, 0.29) is 11.2 Å². The fraction of sp³-hybridized carbons (Fsp3) is 0.158. The van der Waals surface area contributed by atoms with Crippen LogP contribution in [-0.2, 0) is 7.05 Å². The van der Waals surface area contributed by atoms with Crippen LogP contribution in [0.4, 0.5) is 14.5 Å². The maximum absolute atomic E-state index is 14.1. The lowest BCUT2D eigenvalue weighted by Gasteiger charge is -2.33. The molecule has 0 spiro atoms. The van der Waals surface area contributed by atoms with Crippen LogP contribution in [0.2, 0.25) is 0 Å². The Bertz CT molecular complexity index is 1260. The van der Waals surface area contributed by atoms with E-state index in [1.807, 2.05) is 0 Å². The van der Waals surface area contributed by atoms with E-state index in [0.717, 1.165) is 5.56 Å². The molecule has 2 atom stereocenters. The first-order valence-corrected chi connectivity index (χ1v) is 8.60. The first-order valence-electron chi connectivity index (χ1n) is 8.60. The summed E-state index contributed by atoms with van der Waals surface area (Å²) in [7, 11) is 1.81. The molecule has 0 bridgehead atoms. The Hall–Kier alpha value is -3.62. The van der Waals surface area contributed by atoms with Crippen molar-refractivity contribution in [3.05, 3.63) is 81.8 Å². The average Bonchev–Trinajstić information content (AvgIpc) is 3.10. The number of hydrogen-bond donors (Lipinski definition) is 2. The highest BCUT2D eigenvalue weighted by molar-refractivity contribution is 5.97. The van der Waals surface area contributed by atoms with E-state index in [2.05, 4.69) is 25.7 Å². The molecule has 0 aliphatic carbocycles. The second-order valence-electron chi connectivity index (χ2n) is 6.77. The summed E-state index contributed by atoms with van der Waals surface area (Å²) < 4.78 is 29.4. The highest BCUT2D eigenvalue weighted by atomic mass is 19.1. The molecule has 140 valence electrons. The molecule has 7 nitrogen and oxygen atoms in total. The minimum atomic E-state index is -0.535. The monoisotopic (exact) mass is 380 g/mol. The molecule has 28 heavy (non-hydrogen) atoms. The van der Waals surface area contributed by atoms with E-state index < -0.39 is 23.3 Å². The summed E-state index contributed by atoms with van der Waals surface area (Å²) in [6.07, 6.45) is 1.57. The first-order chi connectivity index (χ1) is 13.5. The second kappa shape index (κ2) is 5.95. The molecule has 0 saturated carbocycles. The second-order valence-corrected chi connectivity index (χ2v) is 6.77. The third kappa shape index (κ3) is 2.39. The van der Waals surface area contributed by atoms with Gasteiger partial charge in [-0.3, -0.25) is 4.79 Å². The summed E-state index contributed by atoms with van der Waals surface area (Å²) in [5.74, 6) is -0.716. The number of H-pyrrole nitrogens is 1. The van der Waals surface area contributed by atoms with Crippen LogP contribution in [-0.4, -0.2) is 25.0 Å². The minimum absolute atomic E-state index is 0.206. The van der Waals surface area contributed by atoms with E-state index in [4.69, 9.17) is 0 Å². The van der Waals surface area contributed by atoms with E-state index in [9.17, 15) is 13.6 Å². The SMILES string of the molecule is Cn1cnnc1[C@H]1c2n[nH]c(=O)c3cc(F)cc(c23)N[C@@H]1c1ccc(F)cc1. The number of rotatable bonds is 2.